The van der Waals surface area contributed by atoms with E-state index in [0.29, 0.717) is 11.3 Å². The van der Waals surface area contributed by atoms with Gasteiger partial charge in [0.25, 0.3) is 5.91 Å². The first-order valence-electron chi connectivity index (χ1n) is 8.51. The fourth-order valence-electron chi connectivity index (χ4n) is 3.31. The first-order valence-corrected chi connectivity index (χ1v) is 9.30. The third-order valence-electron chi connectivity index (χ3n) is 4.60. The number of ether oxygens (including phenoxy) is 1. The number of fused-ring (bicyclic) bond motifs is 1. The number of aliphatic hydroxyl groups excluding tert-OH is 1. The first kappa shape index (κ1) is 18.5. The number of amides is 1. The van der Waals surface area contributed by atoms with E-state index in [-0.39, 0.29) is 24.5 Å². The van der Waals surface area contributed by atoms with Crippen LogP contribution in [0.15, 0.2) is 67.3 Å². The lowest BCUT2D eigenvalue weighted by Crippen LogP contribution is -2.33. The lowest BCUT2D eigenvalue weighted by Gasteiger charge is -2.24. The molecule has 0 aliphatic carbocycles. The van der Waals surface area contributed by atoms with Gasteiger partial charge in [0.2, 0.25) is 5.78 Å². The molecule has 0 saturated carbocycles. The third-order valence-corrected chi connectivity index (χ3v) is 5.09. The monoisotopic (exact) mass is 445 g/mol. The van der Waals surface area contributed by atoms with Crippen molar-refractivity contribution in [3.05, 3.63) is 70.0 Å². The zero-order chi connectivity index (χ0) is 19.8. The van der Waals surface area contributed by atoms with Crippen molar-refractivity contribution in [3.8, 4) is 0 Å². The summed E-state index contributed by atoms with van der Waals surface area (Å²) in [7, 11) is 1.51. The van der Waals surface area contributed by atoms with Crippen molar-refractivity contribution in [1.82, 2.24) is 4.90 Å². The molecular weight excluding hydrogens is 430 g/mol. The number of halogens is 1. The standard InChI is InChI=1S/C20H16BrNO6/c1-26-8-6-22-17(14-3-2-7-27-14)16(19(24)20(22)25)18(23)15-10-11-9-12(21)4-5-13(11)28-15/h2-5,7,9-10,17,24H,6,8H2,1H3. The summed E-state index contributed by atoms with van der Waals surface area (Å²) in [6.45, 7) is 0.435. The molecule has 144 valence electrons. The molecule has 0 saturated heterocycles. The summed E-state index contributed by atoms with van der Waals surface area (Å²) < 4.78 is 17.0. The van der Waals surface area contributed by atoms with Crippen LogP contribution < -0.4 is 0 Å². The fraction of sp³-hybridized carbons (Fsp3) is 0.200. The van der Waals surface area contributed by atoms with Crippen LogP contribution in [0.4, 0.5) is 0 Å². The number of carbonyl (C=O) groups is 2. The fourth-order valence-corrected chi connectivity index (χ4v) is 3.69. The van der Waals surface area contributed by atoms with Crippen LogP contribution in [0.3, 0.4) is 0 Å². The van der Waals surface area contributed by atoms with Crippen LogP contribution in [-0.2, 0) is 9.53 Å². The van der Waals surface area contributed by atoms with Gasteiger partial charge in [0.15, 0.2) is 11.5 Å². The number of benzene rings is 1. The second-order valence-electron chi connectivity index (χ2n) is 6.29. The lowest BCUT2D eigenvalue weighted by atomic mass is 9.99. The van der Waals surface area contributed by atoms with Crippen LogP contribution in [0, 0.1) is 0 Å². The number of rotatable bonds is 6. The van der Waals surface area contributed by atoms with E-state index < -0.39 is 23.5 Å². The number of aliphatic hydroxyl groups is 1. The van der Waals surface area contributed by atoms with E-state index in [4.69, 9.17) is 13.6 Å². The number of methoxy groups -OCH3 is 1. The van der Waals surface area contributed by atoms with Gasteiger partial charge in [-0.25, -0.2) is 0 Å². The highest BCUT2D eigenvalue weighted by Crippen LogP contribution is 2.39. The van der Waals surface area contributed by atoms with Crippen LogP contribution in [0.25, 0.3) is 11.0 Å². The van der Waals surface area contributed by atoms with Gasteiger partial charge in [-0.3, -0.25) is 9.59 Å². The Bertz CT molecular complexity index is 1080. The molecule has 0 spiro atoms. The quantitative estimate of drug-likeness (QED) is 0.576. The van der Waals surface area contributed by atoms with E-state index in [2.05, 4.69) is 15.9 Å². The maximum atomic E-state index is 13.2. The van der Waals surface area contributed by atoms with Crippen LogP contribution in [0.1, 0.15) is 22.4 Å². The zero-order valence-corrected chi connectivity index (χ0v) is 16.4. The normalized spacial score (nSPS) is 17.1. The minimum atomic E-state index is -0.856. The Labute approximate surface area is 168 Å². The van der Waals surface area contributed by atoms with E-state index in [0.717, 1.165) is 9.86 Å². The predicted molar refractivity (Wildman–Crippen MR) is 103 cm³/mol. The van der Waals surface area contributed by atoms with E-state index >= 15 is 0 Å². The smallest absolute Gasteiger partial charge is 0.290 e. The number of hydrogen-bond acceptors (Lipinski definition) is 6. The Morgan fingerprint density at radius 1 is 1.32 bits per heavy atom. The molecule has 8 heteroatoms. The minimum absolute atomic E-state index is 0.0348. The molecule has 1 unspecified atom stereocenters. The highest BCUT2D eigenvalue weighted by Gasteiger charge is 2.45. The van der Waals surface area contributed by atoms with Crippen molar-refractivity contribution >= 4 is 38.6 Å². The summed E-state index contributed by atoms with van der Waals surface area (Å²) in [6, 6.07) is 9.39. The molecule has 1 aliphatic heterocycles. The highest BCUT2D eigenvalue weighted by atomic mass is 79.9. The van der Waals surface area contributed by atoms with Crippen molar-refractivity contribution in [2.45, 2.75) is 6.04 Å². The summed E-state index contributed by atoms with van der Waals surface area (Å²) in [6.07, 6.45) is 1.45. The molecule has 0 fully saturated rings. The van der Waals surface area contributed by atoms with Gasteiger partial charge in [0.05, 0.1) is 18.4 Å². The number of nitrogens with zero attached hydrogens (tertiary/aromatic N) is 1. The Kier molecular flexibility index (Phi) is 4.82. The SMILES string of the molecule is COCCN1C(=O)C(O)=C(C(=O)c2cc3cc(Br)ccc3o2)C1c1ccco1. The van der Waals surface area contributed by atoms with Crippen molar-refractivity contribution < 1.29 is 28.3 Å². The topological polar surface area (TPSA) is 93.1 Å². The Hall–Kier alpha value is -2.84. The van der Waals surface area contributed by atoms with Crippen LogP contribution in [0.5, 0.6) is 0 Å². The third kappa shape index (κ3) is 3.04. The van der Waals surface area contributed by atoms with Crippen molar-refractivity contribution in [3.63, 3.8) is 0 Å². The van der Waals surface area contributed by atoms with E-state index in [1.165, 1.54) is 18.3 Å². The maximum Gasteiger partial charge on any atom is 0.290 e. The average Bonchev–Trinajstić information content (AvgIpc) is 3.39. The lowest BCUT2D eigenvalue weighted by molar-refractivity contribution is -0.130. The second kappa shape index (κ2) is 7.29. The molecule has 1 aromatic carbocycles. The molecule has 4 rings (SSSR count). The molecule has 2 aromatic heterocycles. The summed E-state index contributed by atoms with van der Waals surface area (Å²) in [5.74, 6) is -1.42. The van der Waals surface area contributed by atoms with E-state index in [1.54, 1.807) is 30.3 Å². The number of furan rings is 2. The summed E-state index contributed by atoms with van der Waals surface area (Å²) in [4.78, 5) is 27.2. The molecule has 1 atom stereocenters. The zero-order valence-electron chi connectivity index (χ0n) is 14.8. The van der Waals surface area contributed by atoms with Crippen molar-refractivity contribution in [2.24, 2.45) is 0 Å². The average molecular weight is 446 g/mol. The Balaban J connectivity index is 1.78. The van der Waals surface area contributed by atoms with Crippen molar-refractivity contribution in [1.29, 1.82) is 0 Å². The predicted octanol–water partition coefficient (Wildman–Crippen LogP) is 4.01. The Morgan fingerprint density at radius 2 is 2.14 bits per heavy atom. The van der Waals surface area contributed by atoms with Gasteiger partial charge < -0.3 is 23.6 Å². The van der Waals surface area contributed by atoms with Crippen LogP contribution >= 0.6 is 15.9 Å². The molecule has 1 N–H and O–H groups in total. The van der Waals surface area contributed by atoms with Crippen LogP contribution in [0.2, 0.25) is 0 Å². The molecule has 3 heterocycles. The molecular formula is C20H16BrNO6. The number of carbonyl (C=O) groups excluding carboxylic acids is 2. The van der Waals surface area contributed by atoms with Gasteiger partial charge in [-0.05, 0) is 36.4 Å². The molecule has 7 nitrogen and oxygen atoms in total. The van der Waals surface area contributed by atoms with Gasteiger partial charge in [0, 0.05) is 23.5 Å². The first-order chi connectivity index (χ1) is 13.5. The van der Waals surface area contributed by atoms with Gasteiger partial charge >= 0.3 is 0 Å². The minimum Gasteiger partial charge on any atom is -0.503 e. The summed E-state index contributed by atoms with van der Waals surface area (Å²) in [5, 5.41) is 11.2. The van der Waals surface area contributed by atoms with Gasteiger partial charge in [-0.15, -0.1) is 0 Å². The van der Waals surface area contributed by atoms with Gasteiger partial charge in [-0.1, -0.05) is 15.9 Å². The molecule has 1 amide bonds. The summed E-state index contributed by atoms with van der Waals surface area (Å²) >= 11 is 3.38. The van der Waals surface area contributed by atoms with E-state index in [1.807, 2.05) is 6.07 Å². The largest absolute Gasteiger partial charge is 0.503 e. The second-order valence-corrected chi connectivity index (χ2v) is 7.21. The Morgan fingerprint density at radius 3 is 2.86 bits per heavy atom. The number of ketones is 1. The molecule has 0 radical (unpaired) electrons. The highest BCUT2D eigenvalue weighted by molar-refractivity contribution is 9.10. The summed E-state index contributed by atoms with van der Waals surface area (Å²) in [5.41, 5.74) is 0.455. The molecule has 0 bridgehead atoms. The van der Waals surface area contributed by atoms with Gasteiger partial charge in [-0.2, -0.15) is 0 Å². The molecule has 1 aliphatic rings. The van der Waals surface area contributed by atoms with Crippen LogP contribution in [-0.4, -0.2) is 42.0 Å². The molecule has 3 aromatic rings. The van der Waals surface area contributed by atoms with E-state index in [9.17, 15) is 14.7 Å². The van der Waals surface area contributed by atoms with Gasteiger partial charge in [0.1, 0.15) is 17.4 Å². The maximum absolute atomic E-state index is 13.2. The molecule has 28 heavy (non-hydrogen) atoms. The van der Waals surface area contributed by atoms with Crippen molar-refractivity contribution in [2.75, 3.05) is 20.3 Å². The number of hydrogen-bond donors (Lipinski definition) is 1. The number of Topliss-reactive ketones (excluding diaryl/α,β-unsaturated/α-hetero) is 1.